The van der Waals surface area contributed by atoms with Gasteiger partial charge in [-0.3, -0.25) is 4.99 Å². The van der Waals surface area contributed by atoms with Gasteiger partial charge < -0.3 is 9.52 Å². The van der Waals surface area contributed by atoms with Gasteiger partial charge in [-0.05, 0) is 35.9 Å². The van der Waals surface area contributed by atoms with E-state index in [-0.39, 0.29) is 11.6 Å². The van der Waals surface area contributed by atoms with Crippen molar-refractivity contribution in [3.05, 3.63) is 69.8 Å². The predicted molar refractivity (Wildman–Crippen MR) is 91.4 cm³/mol. The molecule has 6 heteroatoms. The summed E-state index contributed by atoms with van der Waals surface area (Å²) in [6.45, 7) is 0.391. The summed E-state index contributed by atoms with van der Waals surface area (Å²) in [5, 5.41) is 11.1. The van der Waals surface area contributed by atoms with Crippen LogP contribution in [0.15, 0.2) is 57.9 Å². The maximum absolute atomic E-state index is 9.83. The second-order valence-electron chi connectivity index (χ2n) is 4.78. The van der Waals surface area contributed by atoms with Gasteiger partial charge in [0.15, 0.2) is 5.69 Å². The molecule has 0 saturated carbocycles. The Morgan fingerprint density at radius 3 is 2.57 bits per heavy atom. The van der Waals surface area contributed by atoms with Crippen LogP contribution in [0.2, 0.25) is 10.0 Å². The van der Waals surface area contributed by atoms with E-state index in [0.29, 0.717) is 22.5 Å². The van der Waals surface area contributed by atoms with Crippen LogP contribution in [0.5, 0.6) is 5.95 Å². The topological polar surface area (TPSA) is 58.6 Å². The molecule has 0 spiro atoms. The van der Waals surface area contributed by atoms with Crippen molar-refractivity contribution in [1.29, 1.82) is 0 Å². The van der Waals surface area contributed by atoms with E-state index in [1.165, 1.54) is 6.21 Å². The molecule has 2 aromatic carbocycles. The maximum atomic E-state index is 9.83. The number of oxazole rings is 1. The highest BCUT2D eigenvalue weighted by atomic mass is 35.5. The number of hydrogen-bond donors (Lipinski definition) is 1. The molecule has 4 nitrogen and oxygen atoms in total. The second-order valence-corrected chi connectivity index (χ2v) is 5.62. The largest absolute Gasteiger partial charge is 0.479 e. The molecule has 1 heterocycles. The van der Waals surface area contributed by atoms with Gasteiger partial charge in [0, 0.05) is 15.6 Å². The molecular formula is C17H12Cl2N2O2. The highest BCUT2D eigenvalue weighted by Gasteiger charge is 2.12. The number of hydrogen-bond acceptors (Lipinski definition) is 4. The van der Waals surface area contributed by atoms with Crippen LogP contribution in [0.3, 0.4) is 0 Å². The number of aliphatic imine (C=N–C) groups is 1. The van der Waals surface area contributed by atoms with Gasteiger partial charge in [-0.2, -0.15) is 0 Å². The molecule has 0 saturated heterocycles. The average molecular weight is 347 g/mol. The lowest BCUT2D eigenvalue weighted by atomic mass is 10.2. The summed E-state index contributed by atoms with van der Waals surface area (Å²) in [4.78, 5) is 8.46. The van der Waals surface area contributed by atoms with Crippen LogP contribution in [-0.2, 0) is 6.54 Å². The summed E-state index contributed by atoms with van der Waals surface area (Å²) >= 11 is 11.9. The molecule has 116 valence electrons. The van der Waals surface area contributed by atoms with E-state index in [1.54, 1.807) is 30.3 Å². The molecule has 0 aliphatic carbocycles. The summed E-state index contributed by atoms with van der Waals surface area (Å²) in [5.41, 5.74) is 1.88. The fourth-order valence-corrected chi connectivity index (χ4v) is 2.30. The summed E-state index contributed by atoms with van der Waals surface area (Å²) in [6.07, 6.45) is 1.46. The minimum atomic E-state index is -0.280. The van der Waals surface area contributed by atoms with Crippen LogP contribution < -0.4 is 0 Å². The lowest BCUT2D eigenvalue weighted by Crippen LogP contribution is -1.87. The van der Waals surface area contributed by atoms with Crippen molar-refractivity contribution >= 4 is 29.4 Å². The number of aromatic hydroxyl groups is 1. The van der Waals surface area contributed by atoms with Crippen LogP contribution in [0, 0.1) is 0 Å². The number of benzene rings is 2. The number of nitrogens with zero attached hydrogens (tertiary/aromatic N) is 2. The van der Waals surface area contributed by atoms with Crippen molar-refractivity contribution in [2.24, 2.45) is 4.99 Å². The SMILES string of the molecule is Oc1oc(-c2ccc(Cl)cc2)nc1C=NCc1ccccc1Cl. The van der Waals surface area contributed by atoms with Crippen molar-refractivity contribution in [3.8, 4) is 17.4 Å². The highest BCUT2D eigenvalue weighted by Crippen LogP contribution is 2.26. The molecule has 0 fully saturated rings. The molecule has 0 aliphatic rings. The lowest BCUT2D eigenvalue weighted by molar-refractivity contribution is 0.337. The maximum Gasteiger partial charge on any atom is 0.312 e. The quantitative estimate of drug-likeness (QED) is 0.678. The van der Waals surface area contributed by atoms with Gasteiger partial charge in [0.1, 0.15) is 0 Å². The number of aromatic nitrogens is 1. The van der Waals surface area contributed by atoms with Crippen molar-refractivity contribution in [2.75, 3.05) is 0 Å². The van der Waals surface area contributed by atoms with Gasteiger partial charge in [0.25, 0.3) is 0 Å². The van der Waals surface area contributed by atoms with Crippen molar-refractivity contribution in [2.45, 2.75) is 6.54 Å². The summed E-state index contributed by atoms with van der Waals surface area (Å²) in [6, 6.07) is 14.4. The van der Waals surface area contributed by atoms with Crippen LogP contribution >= 0.6 is 23.2 Å². The molecule has 3 rings (SSSR count). The van der Waals surface area contributed by atoms with Crippen molar-refractivity contribution < 1.29 is 9.52 Å². The minimum absolute atomic E-state index is 0.266. The van der Waals surface area contributed by atoms with Crippen molar-refractivity contribution in [3.63, 3.8) is 0 Å². The number of halogens is 2. The Hall–Kier alpha value is -2.30. The third-order valence-electron chi connectivity index (χ3n) is 3.16. The molecule has 3 aromatic rings. The standard InChI is InChI=1S/C17H12Cl2N2O2/c18-13-7-5-11(6-8-13)16-21-15(17(22)23-16)10-20-9-12-3-1-2-4-14(12)19/h1-8,10,22H,9H2. The monoisotopic (exact) mass is 346 g/mol. The van der Waals surface area contributed by atoms with E-state index in [4.69, 9.17) is 27.6 Å². The zero-order chi connectivity index (χ0) is 16.2. The third-order valence-corrected chi connectivity index (χ3v) is 3.78. The summed E-state index contributed by atoms with van der Waals surface area (Å²) in [7, 11) is 0. The highest BCUT2D eigenvalue weighted by molar-refractivity contribution is 6.31. The Kier molecular flexibility index (Phi) is 4.65. The van der Waals surface area contributed by atoms with Gasteiger partial charge in [-0.1, -0.05) is 41.4 Å². The Balaban J connectivity index is 1.77. The molecule has 0 bridgehead atoms. The molecule has 1 aromatic heterocycles. The van der Waals surface area contributed by atoms with Crippen LogP contribution in [0.25, 0.3) is 11.5 Å². The van der Waals surface area contributed by atoms with E-state index < -0.39 is 0 Å². The number of rotatable bonds is 4. The minimum Gasteiger partial charge on any atom is -0.479 e. The first kappa shape index (κ1) is 15.6. The Labute approximate surface area is 143 Å². The molecular weight excluding hydrogens is 335 g/mol. The van der Waals surface area contributed by atoms with E-state index in [2.05, 4.69) is 9.98 Å². The summed E-state index contributed by atoms with van der Waals surface area (Å²) in [5.74, 6) is 0.0243. The van der Waals surface area contributed by atoms with Gasteiger partial charge in [-0.25, -0.2) is 4.98 Å². The van der Waals surface area contributed by atoms with Gasteiger partial charge in [-0.15, -0.1) is 0 Å². The van der Waals surface area contributed by atoms with E-state index >= 15 is 0 Å². The molecule has 0 atom stereocenters. The molecule has 0 aliphatic heterocycles. The Morgan fingerprint density at radius 2 is 1.83 bits per heavy atom. The smallest absolute Gasteiger partial charge is 0.312 e. The zero-order valence-electron chi connectivity index (χ0n) is 11.9. The molecule has 0 amide bonds. The average Bonchev–Trinajstić information content (AvgIpc) is 2.91. The fourth-order valence-electron chi connectivity index (χ4n) is 1.98. The normalized spacial score (nSPS) is 11.2. The first-order valence-electron chi connectivity index (χ1n) is 6.82. The molecule has 1 N–H and O–H groups in total. The van der Waals surface area contributed by atoms with E-state index in [9.17, 15) is 5.11 Å². The molecule has 0 unspecified atom stereocenters. The van der Waals surface area contributed by atoms with Crippen LogP contribution in [0.4, 0.5) is 0 Å². The third kappa shape index (κ3) is 3.73. The Morgan fingerprint density at radius 1 is 1.09 bits per heavy atom. The first-order chi connectivity index (χ1) is 11.1. The van der Waals surface area contributed by atoms with Gasteiger partial charge in [0.05, 0.1) is 12.8 Å². The fraction of sp³-hybridized carbons (Fsp3) is 0.0588. The summed E-state index contributed by atoms with van der Waals surface area (Å²) < 4.78 is 5.25. The van der Waals surface area contributed by atoms with Crippen LogP contribution in [0.1, 0.15) is 11.3 Å². The van der Waals surface area contributed by atoms with Crippen LogP contribution in [-0.4, -0.2) is 16.3 Å². The first-order valence-corrected chi connectivity index (χ1v) is 7.58. The predicted octanol–water partition coefficient (Wildman–Crippen LogP) is 4.97. The Bertz CT molecular complexity index is 842. The molecule has 0 radical (unpaired) electrons. The van der Waals surface area contributed by atoms with E-state index in [0.717, 1.165) is 11.1 Å². The zero-order valence-corrected chi connectivity index (χ0v) is 13.4. The van der Waals surface area contributed by atoms with E-state index in [1.807, 2.05) is 18.2 Å². The second kappa shape index (κ2) is 6.86. The van der Waals surface area contributed by atoms with Gasteiger partial charge in [0.2, 0.25) is 5.89 Å². The van der Waals surface area contributed by atoms with Crippen molar-refractivity contribution in [1.82, 2.24) is 4.98 Å². The van der Waals surface area contributed by atoms with Gasteiger partial charge >= 0.3 is 5.95 Å². The lowest BCUT2D eigenvalue weighted by Gasteiger charge is -1.98. The molecule has 23 heavy (non-hydrogen) atoms.